The van der Waals surface area contributed by atoms with E-state index in [0.29, 0.717) is 24.3 Å². The van der Waals surface area contributed by atoms with Crippen molar-refractivity contribution in [1.82, 2.24) is 10.2 Å². The summed E-state index contributed by atoms with van der Waals surface area (Å²) in [4.78, 5) is 28.2. The Morgan fingerprint density at radius 1 is 1.06 bits per heavy atom. The van der Waals surface area contributed by atoms with Gasteiger partial charge in [0.2, 0.25) is 5.91 Å². The van der Waals surface area contributed by atoms with Gasteiger partial charge in [0.25, 0.3) is 0 Å². The van der Waals surface area contributed by atoms with Crippen molar-refractivity contribution in [2.45, 2.75) is 102 Å². The standard InChI is InChI=1S/C25H33F3N2O3/c1-15-13-18-9-10-20(30(18)22(32)33-23(2,3)4)19(14-15)29-21(31)24(11-12-24)16-5-7-17(8-6-16)25(26,27)28/h5-8,15,18-20H,9-14H2,1-4H3,(H,29,31). The van der Waals surface area contributed by atoms with E-state index in [-0.39, 0.29) is 30.1 Å². The molecule has 8 heteroatoms. The number of carbonyl (C=O) groups is 2. The Morgan fingerprint density at radius 2 is 1.70 bits per heavy atom. The zero-order chi connectivity index (χ0) is 24.2. The lowest BCUT2D eigenvalue weighted by molar-refractivity contribution is -0.137. The summed E-state index contributed by atoms with van der Waals surface area (Å²) in [6, 6.07) is 4.69. The first kappa shape index (κ1) is 23.9. The number of amides is 2. The maximum Gasteiger partial charge on any atom is 0.416 e. The van der Waals surface area contributed by atoms with Crippen molar-refractivity contribution in [3.8, 4) is 0 Å². The molecule has 0 radical (unpaired) electrons. The van der Waals surface area contributed by atoms with E-state index in [1.54, 1.807) is 0 Å². The number of halogens is 3. The van der Waals surface area contributed by atoms with Gasteiger partial charge in [0.05, 0.1) is 17.0 Å². The smallest absolute Gasteiger partial charge is 0.416 e. The van der Waals surface area contributed by atoms with Gasteiger partial charge >= 0.3 is 12.3 Å². The van der Waals surface area contributed by atoms with Crippen molar-refractivity contribution in [3.05, 3.63) is 35.4 Å². The van der Waals surface area contributed by atoms with Crippen LogP contribution in [0.3, 0.4) is 0 Å². The second kappa shape index (κ2) is 8.20. The molecule has 1 aliphatic carbocycles. The van der Waals surface area contributed by atoms with Crippen LogP contribution in [0.25, 0.3) is 0 Å². The van der Waals surface area contributed by atoms with Crippen LogP contribution in [-0.2, 0) is 21.1 Å². The molecule has 0 spiro atoms. The minimum Gasteiger partial charge on any atom is -0.444 e. The molecular weight excluding hydrogens is 433 g/mol. The van der Waals surface area contributed by atoms with Gasteiger partial charge in [0, 0.05) is 12.1 Å². The molecule has 1 aromatic carbocycles. The van der Waals surface area contributed by atoms with Crippen LogP contribution in [0, 0.1) is 5.92 Å². The fourth-order valence-corrected chi connectivity index (χ4v) is 5.50. The third-order valence-electron chi connectivity index (χ3n) is 7.21. The van der Waals surface area contributed by atoms with Crippen molar-refractivity contribution in [2.75, 3.05) is 0 Å². The maximum atomic E-state index is 13.4. The van der Waals surface area contributed by atoms with E-state index in [1.165, 1.54) is 12.1 Å². The summed E-state index contributed by atoms with van der Waals surface area (Å²) in [5.74, 6) is 0.172. The van der Waals surface area contributed by atoms with Gasteiger partial charge < -0.3 is 15.0 Å². The van der Waals surface area contributed by atoms with Crippen LogP contribution in [0.2, 0.25) is 0 Å². The monoisotopic (exact) mass is 466 g/mol. The molecule has 33 heavy (non-hydrogen) atoms. The number of fused-ring (bicyclic) bond motifs is 2. The Balaban J connectivity index is 1.52. The molecule has 5 nitrogen and oxygen atoms in total. The predicted molar refractivity (Wildman–Crippen MR) is 118 cm³/mol. The molecule has 1 saturated carbocycles. The summed E-state index contributed by atoms with van der Waals surface area (Å²) < 4.78 is 44.5. The van der Waals surface area contributed by atoms with Crippen molar-refractivity contribution < 1.29 is 27.5 Å². The normalized spacial score (nSPS) is 28.8. The lowest BCUT2D eigenvalue weighted by Crippen LogP contribution is -2.54. The lowest BCUT2D eigenvalue weighted by Gasteiger charge is -2.35. The topological polar surface area (TPSA) is 58.6 Å². The summed E-state index contributed by atoms with van der Waals surface area (Å²) in [5, 5.41) is 3.20. The molecule has 0 aromatic heterocycles. The first-order valence-electron chi connectivity index (χ1n) is 11.8. The number of hydrogen-bond acceptors (Lipinski definition) is 3. The predicted octanol–water partition coefficient (Wildman–Crippen LogP) is 5.42. The Hall–Kier alpha value is -2.25. The quantitative estimate of drug-likeness (QED) is 0.647. The SMILES string of the molecule is CC1CC(NC(=O)C2(c3ccc(C(F)(F)F)cc3)CC2)C2CCC(C1)N2C(=O)OC(C)(C)C. The summed E-state index contributed by atoms with van der Waals surface area (Å²) in [7, 11) is 0. The van der Waals surface area contributed by atoms with E-state index in [2.05, 4.69) is 12.2 Å². The Bertz CT molecular complexity index is 903. The summed E-state index contributed by atoms with van der Waals surface area (Å²) in [6.07, 6.45) is -0.225. The Labute approximate surface area is 193 Å². The number of nitrogens with one attached hydrogen (secondary N) is 1. The first-order chi connectivity index (χ1) is 15.3. The molecule has 182 valence electrons. The molecule has 2 bridgehead atoms. The van der Waals surface area contributed by atoms with Crippen LogP contribution < -0.4 is 5.32 Å². The number of alkyl halides is 3. The molecule has 2 aliphatic heterocycles. The molecule has 2 heterocycles. The van der Waals surface area contributed by atoms with Crippen molar-refractivity contribution in [2.24, 2.45) is 5.92 Å². The summed E-state index contributed by atoms with van der Waals surface area (Å²) in [6.45, 7) is 7.66. The molecule has 2 saturated heterocycles. The second-order valence-corrected chi connectivity index (χ2v) is 11.0. The minimum absolute atomic E-state index is 0.103. The van der Waals surface area contributed by atoms with Crippen molar-refractivity contribution >= 4 is 12.0 Å². The molecule has 3 aliphatic rings. The molecule has 3 fully saturated rings. The van der Waals surface area contributed by atoms with Crippen LogP contribution in [0.5, 0.6) is 0 Å². The van der Waals surface area contributed by atoms with Gasteiger partial charge in [-0.05, 0) is 82.9 Å². The number of ether oxygens (including phenoxy) is 1. The van der Waals surface area contributed by atoms with Crippen LogP contribution in [-0.4, -0.2) is 40.6 Å². The van der Waals surface area contributed by atoms with Crippen LogP contribution in [0.4, 0.5) is 18.0 Å². The van der Waals surface area contributed by atoms with Gasteiger partial charge in [-0.25, -0.2) is 4.79 Å². The highest BCUT2D eigenvalue weighted by Gasteiger charge is 2.53. The molecule has 4 rings (SSSR count). The molecule has 1 N–H and O–H groups in total. The second-order valence-electron chi connectivity index (χ2n) is 11.0. The lowest BCUT2D eigenvalue weighted by atomic mass is 9.88. The van der Waals surface area contributed by atoms with E-state index < -0.39 is 22.8 Å². The first-order valence-corrected chi connectivity index (χ1v) is 11.8. The molecule has 2 amide bonds. The highest BCUT2D eigenvalue weighted by atomic mass is 19.4. The fourth-order valence-electron chi connectivity index (χ4n) is 5.50. The third-order valence-corrected chi connectivity index (χ3v) is 7.21. The third kappa shape index (κ3) is 4.85. The highest BCUT2D eigenvalue weighted by molar-refractivity contribution is 5.91. The van der Waals surface area contributed by atoms with Gasteiger partial charge in [0.1, 0.15) is 5.60 Å². The zero-order valence-corrected chi connectivity index (χ0v) is 19.7. The summed E-state index contributed by atoms with van der Waals surface area (Å²) in [5.41, 5.74) is -1.49. The van der Waals surface area contributed by atoms with E-state index in [1.807, 2.05) is 25.7 Å². The average Bonchev–Trinajstić information content (AvgIpc) is 3.41. The number of benzene rings is 1. The molecule has 1 aromatic rings. The van der Waals surface area contributed by atoms with Crippen LogP contribution in [0.1, 0.15) is 77.3 Å². The average molecular weight is 467 g/mol. The molecule has 4 unspecified atom stereocenters. The zero-order valence-electron chi connectivity index (χ0n) is 19.7. The van der Waals surface area contributed by atoms with Crippen molar-refractivity contribution in [1.29, 1.82) is 0 Å². The van der Waals surface area contributed by atoms with Gasteiger partial charge in [0.15, 0.2) is 0 Å². The largest absolute Gasteiger partial charge is 0.444 e. The van der Waals surface area contributed by atoms with Gasteiger partial charge in [-0.3, -0.25) is 4.79 Å². The highest BCUT2D eigenvalue weighted by Crippen LogP contribution is 2.49. The van der Waals surface area contributed by atoms with E-state index in [9.17, 15) is 22.8 Å². The van der Waals surface area contributed by atoms with Gasteiger partial charge in [-0.15, -0.1) is 0 Å². The van der Waals surface area contributed by atoms with Crippen molar-refractivity contribution in [3.63, 3.8) is 0 Å². The fraction of sp³-hybridized carbons (Fsp3) is 0.680. The van der Waals surface area contributed by atoms with Gasteiger partial charge in [-0.2, -0.15) is 13.2 Å². The van der Waals surface area contributed by atoms with Crippen LogP contribution >= 0.6 is 0 Å². The minimum atomic E-state index is -4.40. The number of hydrogen-bond donors (Lipinski definition) is 1. The van der Waals surface area contributed by atoms with E-state index >= 15 is 0 Å². The number of nitrogens with zero attached hydrogens (tertiary/aromatic N) is 1. The Kier molecular flexibility index (Phi) is 5.94. The van der Waals surface area contributed by atoms with Gasteiger partial charge in [-0.1, -0.05) is 19.1 Å². The number of rotatable bonds is 3. The molecular formula is C25H33F3N2O3. The van der Waals surface area contributed by atoms with Crippen LogP contribution in [0.15, 0.2) is 24.3 Å². The molecule has 4 atom stereocenters. The number of carbonyl (C=O) groups excluding carboxylic acids is 2. The summed E-state index contributed by atoms with van der Waals surface area (Å²) >= 11 is 0. The maximum absolute atomic E-state index is 13.4. The van der Waals surface area contributed by atoms with E-state index in [0.717, 1.165) is 37.8 Å². The Morgan fingerprint density at radius 3 is 2.24 bits per heavy atom. The van der Waals surface area contributed by atoms with E-state index in [4.69, 9.17) is 4.74 Å².